The highest BCUT2D eigenvalue weighted by atomic mass is 32.1. The van der Waals surface area contributed by atoms with Crippen LogP contribution in [0.25, 0.3) is 16.5 Å². The summed E-state index contributed by atoms with van der Waals surface area (Å²) in [5, 5.41) is 15.1. The number of carbonyl (C=O) groups is 2. The largest absolute Gasteiger partial charge is 0.507 e. The average Bonchev–Trinajstić information content (AvgIpc) is 3.45. The van der Waals surface area contributed by atoms with Gasteiger partial charge < -0.3 is 10.0 Å². The standard InChI is InChI=1S/C27H22N2O3S/c1-28(2)18-12-14-19(15-13-18)29-24(22-11-6-16-33-22)23(26(31)27(29)32)25(30)21-10-5-8-17-7-3-4-9-20(17)21/h3-16,24,30H,1-2H3/b25-23-. The number of aliphatic hydroxyl groups excluding tert-OH is 1. The van der Waals surface area contributed by atoms with E-state index in [-0.39, 0.29) is 11.3 Å². The molecule has 5 nitrogen and oxygen atoms in total. The molecule has 164 valence electrons. The molecular formula is C27H22N2O3S. The van der Waals surface area contributed by atoms with Crippen LogP contribution >= 0.6 is 11.3 Å². The number of fused-ring (bicyclic) bond motifs is 1. The molecule has 1 unspecified atom stereocenters. The summed E-state index contributed by atoms with van der Waals surface area (Å²) in [5.41, 5.74) is 2.24. The summed E-state index contributed by atoms with van der Waals surface area (Å²) in [5.74, 6) is -1.49. The first kappa shape index (κ1) is 21.0. The van der Waals surface area contributed by atoms with E-state index in [4.69, 9.17) is 0 Å². The van der Waals surface area contributed by atoms with Gasteiger partial charge in [0.15, 0.2) is 0 Å². The third kappa shape index (κ3) is 3.49. The van der Waals surface area contributed by atoms with E-state index < -0.39 is 17.7 Å². The molecular weight excluding hydrogens is 432 g/mol. The number of aliphatic hydroxyl groups is 1. The molecule has 0 radical (unpaired) electrons. The average molecular weight is 455 g/mol. The van der Waals surface area contributed by atoms with Gasteiger partial charge in [-0.05, 0) is 46.5 Å². The number of benzene rings is 3. The Labute approximate surface area is 195 Å². The van der Waals surface area contributed by atoms with Gasteiger partial charge in [-0.2, -0.15) is 0 Å². The molecule has 1 fully saturated rings. The molecule has 1 aliphatic rings. The molecule has 4 aromatic rings. The molecule has 0 saturated carbocycles. The van der Waals surface area contributed by atoms with Gasteiger partial charge in [-0.15, -0.1) is 11.3 Å². The van der Waals surface area contributed by atoms with Gasteiger partial charge in [0, 0.05) is 35.9 Å². The normalized spacial score (nSPS) is 17.6. The second kappa shape index (κ2) is 8.22. The Morgan fingerprint density at radius 3 is 2.33 bits per heavy atom. The Kier molecular flexibility index (Phi) is 5.23. The maximum atomic E-state index is 13.3. The van der Waals surface area contributed by atoms with Crippen LogP contribution in [0.3, 0.4) is 0 Å². The number of ketones is 1. The molecule has 33 heavy (non-hydrogen) atoms. The van der Waals surface area contributed by atoms with Crippen LogP contribution in [0.2, 0.25) is 0 Å². The summed E-state index contributed by atoms with van der Waals surface area (Å²) in [6.07, 6.45) is 0. The van der Waals surface area contributed by atoms with Gasteiger partial charge in [-0.3, -0.25) is 14.5 Å². The summed E-state index contributed by atoms with van der Waals surface area (Å²) >= 11 is 1.45. The van der Waals surface area contributed by atoms with E-state index in [2.05, 4.69) is 0 Å². The summed E-state index contributed by atoms with van der Waals surface area (Å²) in [4.78, 5) is 30.8. The fourth-order valence-electron chi connectivity index (χ4n) is 4.30. The molecule has 1 aliphatic heterocycles. The minimum Gasteiger partial charge on any atom is -0.507 e. The highest BCUT2D eigenvalue weighted by molar-refractivity contribution is 7.10. The van der Waals surface area contributed by atoms with Gasteiger partial charge in [0.1, 0.15) is 11.8 Å². The Morgan fingerprint density at radius 2 is 1.64 bits per heavy atom. The van der Waals surface area contributed by atoms with Crippen LogP contribution in [0.4, 0.5) is 11.4 Å². The lowest BCUT2D eigenvalue weighted by atomic mass is 9.96. The Morgan fingerprint density at radius 1 is 0.909 bits per heavy atom. The van der Waals surface area contributed by atoms with Gasteiger partial charge in [0.05, 0.1) is 5.57 Å². The molecule has 1 saturated heterocycles. The zero-order valence-corrected chi connectivity index (χ0v) is 19.0. The molecule has 6 heteroatoms. The van der Waals surface area contributed by atoms with Crippen molar-refractivity contribution in [2.45, 2.75) is 6.04 Å². The van der Waals surface area contributed by atoms with Crippen LogP contribution in [0.15, 0.2) is 89.8 Å². The third-order valence-electron chi connectivity index (χ3n) is 5.95. The Balaban J connectivity index is 1.71. The Hall–Kier alpha value is -3.90. The van der Waals surface area contributed by atoms with Crippen LogP contribution < -0.4 is 9.80 Å². The predicted molar refractivity (Wildman–Crippen MR) is 134 cm³/mol. The zero-order valence-electron chi connectivity index (χ0n) is 18.2. The van der Waals surface area contributed by atoms with Crippen molar-refractivity contribution in [3.05, 3.63) is 100 Å². The number of nitrogens with zero attached hydrogens (tertiary/aromatic N) is 2. The number of anilines is 2. The van der Waals surface area contributed by atoms with Gasteiger partial charge in [0.2, 0.25) is 0 Å². The van der Waals surface area contributed by atoms with Crippen molar-refractivity contribution < 1.29 is 14.7 Å². The molecule has 5 rings (SSSR count). The third-order valence-corrected chi connectivity index (χ3v) is 6.87. The van der Waals surface area contributed by atoms with Gasteiger partial charge in [-0.1, -0.05) is 48.5 Å². The Bertz CT molecular complexity index is 1380. The number of carbonyl (C=O) groups excluding carboxylic acids is 2. The summed E-state index contributed by atoms with van der Waals surface area (Å²) in [6.45, 7) is 0. The van der Waals surface area contributed by atoms with Crippen molar-refractivity contribution in [1.82, 2.24) is 0 Å². The summed E-state index contributed by atoms with van der Waals surface area (Å²) in [6, 6.07) is 23.8. The van der Waals surface area contributed by atoms with E-state index in [0.29, 0.717) is 11.3 Å². The van der Waals surface area contributed by atoms with Crippen molar-refractivity contribution >= 4 is 50.9 Å². The molecule has 1 atom stereocenters. The number of Topliss-reactive ketones (excluding diaryl/α,β-unsaturated/α-hetero) is 1. The van der Waals surface area contributed by atoms with Crippen molar-refractivity contribution in [2.75, 3.05) is 23.9 Å². The van der Waals surface area contributed by atoms with Crippen molar-refractivity contribution in [2.24, 2.45) is 0 Å². The fraction of sp³-hybridized carbons (Fsp3) is 0.111. The summed E-state index contributed by atoms with van der Waals surface area (Å²) < 4.78 is 0. The van der Waals surface area contributed by atoms with Crippen LogP contribution in [-0.4, -0.2) is 30.9 Å². The van der Waals surface area contributed by atoms with E-state index in [1.165, 1.54) is 16.2 Å². The number of amides is 1. The number of hydrogen-bond donors (Lipinski definition) is 1. The van der Waals surface area contributed by atoms with E-state index in [0.717, 1.165) is 21.3 Å². The molecule has 1 N–H and O–H groups in total. The maximum absolute atomic E-state index is 13.3. The van der Waals surface area contributed by atoms with Crippen LogP contribution in [-0.2, 0) is 9.59 Å². The SMILES string of the molecule is CN(C)c1ccc(N2C(=O)C(=O)/C(=C(\O)c3cccc4ccccc34)C2c2cccs2)cc1. The van der Waals surface area contributed by atoms with Gasteiger partial charge >= 0.3 is 0 Å². The van der Waals surface area contributed by atoms with Crippen molar-refractivity contribution in [3.63, 3.8) is 0 Å². The highest BCUT2D eigenvalue weighted by Gasteiger charge is 2.47. The van der Waals surface area contributed by atoms with Crippen LogP contribution in [0.5, 0.6) is 0 Å². The molecule has 1 aromatic heterocycles. The summed E-state index contributed by atoms with van der Waals surface area (Å²) in [7, 11) is 3.88. The van der Waals surface area contributed by atoms with E-state index >= 15 is 0 Å². The maximum Gasteiger partial charge on any atom is 0.300 e. The lowest BCUT2D eigenvalue weighted by Gasteiger charge is -2.25. The first-order valence-corrected chi connectivity index (χ1v) is 11.5. The molecule has 3 aromatic carbocycles. The van der Waals surface area contributed by atoms with Gasteiger partial charge in [-0.25, -0.2) is 0 Å². The van der Waals surface area contributed by atoms with E-state index in [1.54, 1.807) is 6.07 Å². The number of thiophene rings is 1. The van der Waals surface area contributed by atoms with E-state index in [9.17, 15) is 14.7 Å². The molecule has 0 bridgehead atoms. The second-order valence-electron chi connectivity index (χ2n) is 8.12. The van der Waals surface area contributed by atoms with Gasteiger partial charge in [0.25, 0.3) is 11.7 Å². The predicted octanol–water partition coefficient (Wildman–Crippen LogP) is 5.59. The quantitative estimate of drug-likeness (QED) is 0.248. The molecule has 1 amide bonds. The lowest BCUT2D eigenvalue weighted by Crippen LogP contribution is -2.29. The van der Waals surface area contributed by atoms with E-state index in [1.807, 2.05) is 97.2 Å². The minimum absolute atomic E-state index is 0.107. The lowest BCUT2D eigenvalue weighted by molar-refractivity contribution is -0.132. The number of hydrogen-bond acceptors (Lipinski definition) is 5. The highest BCUT2D eigenvalue weighted by Crippen LogP contribution is 2.44. The van der Waals surface area contributed by atoms with Crippen LogP contribution in [0.1, 0.15) is 16.5 Å². The van der Waals surface area contributed by atoms with Crippen molar-refractivity contribution in [1.29, 1.82) is 0 Å². The first-order valence-electron chi connectivity index (χ1n) is 10.6. The topological polar surface area (TPSA) is 60.9 Å². The minimum atomic E-state index is -0.700. The van der Waals surface area contributed by atoms with Crippen molar-refractivity contribution in [3.8, 4) is 0 Å². The number of rotatable bonds is 4. The molecule has 0 spiro atoms. The fourth-order valence-corrected chi connectivity index (χ4v) is 5.13. The molecule has 0 aliphatic carbocycles. The monoisotopic (exact) mass is 454 g/mol. The first-order chi connectivity index (χ1) is 16.0. The van der Waals surface area contributed by atoms with Crippen LogP contribution in [0, 0.1) is 0 Å². The molecule has 2 heterocycles. The zero-order chi connectivity index (χ0) is 23.1. The second-order valence-corrected chi connectivity index (χ2v) is 9.10. The smallest absolute Gasteiger partial charge is 0.300 e.